The predicted molar refractivity (Wildman–Crippen MR) is 87.8 cm³/mol. The first-order chi connectivity index (χ1) is 11.1. The van der Waals surface area contributed by atoms with Gasteiger partial charge in [0.05, 0.1) is 0 Å². The van der Waals surface area contributed by atoms with Crippen molar-refractivity contribution in [3.05, 3.63) is 83.6 Å². The molecule has 0 saturated heterocycles. The van der Waals surface area contributed by atoms with Crippen LogP contribution in [0.3, 0.4) is 0 Å². The third-order valence-electron chi connectivity index (χ3n) is 3.54. The maximum Gasteiger partial charge on any atom is 0.261 e. The Morgan fingerprint density at radius 2 is 1.91 bits per heavy atom. The number of carbonyl (C=O) groups excluding carboxylic acids is 1. The summed E-state index contributed by atoms with van der Waals surface area (Å²) in [6.07, 6.45) is 6.04. The quantitative estimate of drug-likeness (QED) is 0.597. The molecule has 3 aromatic rings. The number of hydrogen-bond acceptors (Lipinski definition) is 3. The van der Waals surface area contributed by atoms with Crippen LogP contribution in [0.5, 0.6) is 0 Å². The van der Waals surface area contributed by atoms with Gasteiger partial charge in [-0.25, -0.2) is 0 Å². The molecule has 1 amide bonds. The van der Waals surface area contributed by atoms with Gasteiger partial charge in [0.1, 0.15) is 5.56 Å². The van der Waals surface area contributed by atoms with Crippen LogP contribution in [0.15, 0.2) is 67.3 Å². The van der Waals surface area contributed by atoms with Crippen molar-refractivity contribution in [2.75, 3.05) is 5.32 Å². The van der Waals surface area contributed by atoms with Gasteiger partial charge in [0.2, 0.25) is 0 Å². The molecule has 0 spiro atoms. The molecule has 0 unspecified atom stereocenters. The van der Waals surface area contributed by atoms with Crippen LogP contribution < -0.4 is 10.0 Å². The van der Waals surface area contributed by atoms with Crippen LogP contribution in [0.25, 0.3) is 11.1 Å². The molecule has 0 aliphatic carbocycles. The summed E-state index contributed by atoms with van der Waals surface area (Å²) in [6.45, 7) is 1.92. The Morgan fingerprint density at radius 3 is 2.65 bits per heavy atom. The van der Waals surface area contributed by atoms with E-state index in [-0.39, 0.29) is 5.91 Å². The Kier molecular flexibility index (Phi) is 4.01. The highest BCUT2D eigenvalue weighted by atomic mass is 16.5. The Hall–Kier alpha value is -3.21. The third-order valence-corrected chi connectivity index (χ3v) is 3.54. The Balaban J connectivity index is 1.89. The zero-order valence-electron chi connectivity index (χ0n) is 12.6. The highest BCUT2D eigenvalue weighted by molar-refractivity contribution is 6.04. The second-order valence-corrected chi connectivity index (χ2v) is 5.17. The van der Waals surface area contributed by atoms with Crippen molar-refractivity contribution >= 4 is 11.6 Å². The molecule has 2 heterocycles. The molecule has 1 aromatic carbocycles. The van der Waals surface area contributed by atoms with Crippen molar-refractivity contribution < 1.29 is 9.52 Å². The molecule has 23 heavy (non-hydrogen) atoms. The highest BCUT2D eigenvalue weighted by Gasteiger charge is 2.11. The molecule has 1 N–H and O–H groups in total. The number of aryl methyl sites for hydroxylation is 1. The average molecular weight is 305 g/mol. The van der Waals surface area contributed by atoms with Gasteiger partial charge in [-0.05, 0) is 47.9 Å². The molecule has 5 nitrogen and oxygen atoms in total. The topological polar surface area (TPSA) is 68.9 Å². The van der Waals surface area contributed by atoms with Gasteiger partial charge in [-0.2, -0.15) is 4.73 Å². The number of benzene rings is 1. The fraction of sp³-hybridized carbons (Fsp3) is 0.0556. The van der Waals surface area contributed by atoms with Crippen molar-refractivity contribution in [2.45, 2.75) is 6.92 Å². The van der Waals surface area contributed by atoms with E-state index in [9.17, 15) is 10.0 Å². The van der Waals surface area contributed by atoms with Gasteiger partial charge < -0.3 is 10.5 Å². The van der Waals surface area contributed by atoms with E-state index in [4.69, 9.17) is 0 Å². The SMILES string of the molecule is Cc1ccc(-c2ccncc2)cc1NC(=O)c1ccc[n+]([O-])c1. The molecule has 0 fully saturated rings. The largest absolute Gasteiger partial charge is 0.619 e. The fourth-order valence-electron chi connectivity index (χ4n) is 2.26. The molecule has 0 saturated carbocycles. The zero-order valence-corrected chi connectivity index (χ0v) is 12.6. The van der Waals surface area contributed by atoms with Crippen molar-refractivity contribution in [1.82, 2.24) is 4.98 Å². The van der Waals surface area contributed by atoms with Gasteiger partial charge in [-0.15, -0.1) is 0 Å². The van der Waals surface area contributed by atoms with Gasteiger partial charge in [0.15, 0.2) is 12.4 Å². The van der Waals surface area contributed by atoms with E-state index in [0.29, 0.717) is 16.0 Å². The second kappa shape index (κ2) is 6.27. The molecule has 114 valence electrons. The smallest absolute Gasteiger partial charge is 0.261 e. The van der Waals surface area contributed by atoms with Crippen molar-refractivity contribution in [3.63, 3.8) is 0 Å². The Morgan fingerprint density at radius 1 is 1.13 bits per heavy atom. The van der Waals surface area contributed by atoms with E-state index in [1.807, 2.05) is 37.3 Å². The van der Waals surface area contributed by atoms with Crippen molar-refractivity contribution in [1.29, 1.82) is 0 Å². The van der Waals surface area contributed by atoms with E-state index in [1.165, 1.54) is 12.4 Å². The lowest BCUT2D eigenvalue weighted by Crippen LogP contribution is -2.27. The van der Waals surface area contributed by atoms with E-state index in [0.717, 1.165) is 16.7 Å². The number of rotatable bonds is 3. The second-order valence-electron chi connectivity index (χ2n) is 5.17. The number of anilines is 1. The maximum absolute atomic E-state index is 12.3. The van der Waals surface area contributed by atoms with Crippen LogP contribution in [-0.2, 0) is 0 Å². The minimum Gasteiger partial charge on any atom is -0.619 e. The van der Waals surface area contributed by atoms with Crippen LogP contribution in [0.4, 0.5) is 5.69 Å². The first kappa shape index (κ1) is 14.7. The summed E-state index contributed by atoms with van der Waals surface area (Å²) in [5.74, 6) is -0.315. The van der Waals surface area contributed by atoms with Crippen molar-refractivity contribution in [3.8, 4) is 11.1 Å². The minimum atomic E-state index is -0.315. The van der Waals surface area contributed by atoms with Crippen LogP contribution in [-0.4, -0.2) is 10.9 Å². The summed E-state index contributed by atoms with van der Waals surface area (Å²) in [4.78, 5) is 16.3. The van der Waals surface area contributed by atoms with Crippen LogP contribution in [0, 0.1) is 12.1 Å². The molecular formula is C18H15N3O2. The molecule has 0 aliphatic heterocycles. The average Bonchev–Trinajstić information content (AvgIpc) is 2.57. The number of carbonyl (C=O) groups is 1. The number of amides is 1. The molecule has 2 aromatic heterocycles. The fourth-order valence-corrected chi connectivity index (χ4v) is 2.26. The normalized spacial score (nSPS) is 10.3. The van der Waals surface area contributed by atoms with E-state index in [2.05, 4.69) is 10.3 Å². The van der Waals surface area contributed by atoms with Gasteiger partial charge >= 0.3 is 0 Å². The van der Waals surface area contributed by atoms with Gasteiger partial charge in [0.25, 0.3) is 5.91 Å². The lowest BCUT2D eigenvalue weighted by molar-refractivity contribution is -0.605. The summed E-state index contributed by atoms with van der Waals surface area (Å²) in [6, 6.07) is 12.8. The van der Waals surface area contributed by atoms with E-state index in [1.54, 1.807) is 24.5 Å². The molecule has 3 rings (SSSR count). The van der Waals surface area contributed by atoms with Gasteiger partial charge in [-0.3, -0.25) is 9.78 Å². The first-order valence-corrected chi connectivity index (χ1v) is 7.15. The molecule has 0 radical (unpaired) electrons. The maximum atomic E-state index is 12.3. The molecule has 0 aliphatic rings. The Bertz CT molecular complexity index is 848. The monoisotopic (exact) mass is 305 g/mol. The minimum absolute atomic E-state index is 0.315. The third kappa shape index (κ3) is 3.35. The van der Waals surface area contributed by atoms with Gasteiger partial charge in [0, 0.05) is 24.1 Å². The Labute approximate surface area is 133 Å². The molecule has 0 bridgehead atoms. The number of nitrogens with zero attached hydrogens (tertiary/aromatic N) is 2. The number of aromatic nitrogens is 2. The highest BCUT2D eigenvalue weighted by Crippen LogP contribution is 2.25. The van der Waals surface area contributed by atoms with Crippen LogP contribution in [0.2, 0.25) is 0 Å². The first-order valence-electron chi connectivity index (χ1n) is 7.15. The predicted octanol–water partition coefficient (Wildman–Crippen LogP) is 2.94. The number of nitrogens with one attached hydrogen (secondary N) is 1. The standard InChI is InChI=1S/C18H15N3O2/c1-13-4-5-15(14-6-8-19-9-7-14)11-17(13)20-18(22)16-3-2-10-21(23)12-16/h2-12H,1H3,(H,20,22). The summed E-state index contributed by atoms with van der Waals surface area (Å²) < 4.78 is 0.606. The van der Waals surface area contributed by atoms with Gasteiger partial charge in [-0.1, -0.05) is 12.1 Å². The lowest BCUT2D eigenvalue weighted by Gasteiger charge is -2.11. The van der Waals surface area contributed by atoms with Crippen molar-refractivity contribution in [2.24, 2.45) is 0 Å². The van der Waals surface area contributed by atoms with Crippen LogP contribution in [0.1, 0.15) is 15.9 Å². The van der Waals surface area contributed by atoms with E-state index >= 15 is 0 Å². The molecule has 5 heteroatoms. The number of hydrogen-bond donors (Lipinski definition) is 1. The van der Waals surface area contributed by atoms with E-state index < -0.39 is 0 Å². The summed E-state index contributed by atoms with van der Waals surface area (Å²) >= 11 is 0. The summed E-state index contributed by atoms with van der Waals surface area (Å²) in [7, 11) is 0. The summed E-state index contributed by atoms with van der Waals surface area (Å²) in [5.41, 5.74) is 3.98. The lowest BCUT2D eigenvalue weighted by atomic mass is 10.0. The number of pyridine rings is 2. The summed E-state index contributed by atoms with van der Waals surface area (Å²) in [5, 5.41) is 14.1. The molecule has 0 atom stereocenters. The van der Waals surface area contributed by atoms with Crippen LogP contribution >= 0.6 is 0 Å². The zero-order chi connectivity index (χ0) is 16.2. The molecular weight excluding hydrogens is 290 g/mol.